The number of hydrogen-bond acceptors (Lipinski definition) is 1. The molecule has 0 saturated heterocycles. The van der Waals surface area contributed by atoms with Crippen LogP contribution in [-0.2, 0) is 4.79 Å². The van der Waals surface area contributed by atoms with Gasteiger partial charge >= 0.3 is 0 Å². The summed E-state index contributed by atoms with van der Waals surface area (Å²) < 4.78 is 0. The third-order valence-corrected chi connectivity index (χ3v) is 2.41. The molecule has 1 atom stereocenters. The maximum Gasteiger partial charge on any atom is 0.244 e. The van der Waals surface area contributed by atoms with Crippen molar-refractivity contribution in [2.24, 2.45) is 0 Å². The summed E-state index contributed by atoms with van der Waals surface area (Å²) in [6, 6.07) is 10.2. The van der Waals surface area contributed by atoms with Crippen LogP contribution in [0.4, 0.5) is 0 Å². The van der Waals surface area contributed by atoms with E-state index < -0.39 is 0 Å². The van der Waals surface area contributed by atoms with Crippen LogP contribution in [0.25, 0.3) is 0 Å². The van der Waals surface area contributed by atoms with Gasteiger partial charge in [0.25, 0.3) is 0 Å². The van der Waals surface area contributed by atoms with E-state index in [1.54, 1.807) is 12.2 Å². The maximum atomic E-state index is 11.5. The minimum atomic E-state index is -0.0233. The van der Waals surface area contributed by atoms with Crippen molar-refractivity contribution in [2.75, 3.05) is 0 Å². The number of rotatable bonds is 5. The Morgan fingerprint density at radius 2 is 2.06 bits per heavy atom. The molecule has 2 heteroatoms. The molecule has 0 bridgehead atoms. The first-order valence-corrected chi connectivity index (χ1v) is 5.76. The molecule has 0 spiro atoms. The Hall–Kier alpha value is -1.57. The second-order valence-corrected chi connectivity index (χ2v) is 3.76. The van der Waals surface area contributed by atoms with Crippen molar-refractivity contribution in [1.29, 1.82) is 0 Å². The van der Waals surface area contributed by atoms with E-state index in [1.807, 2.05) is 25.1 Å². The lowest BCUT2D eigenvalue weighted by Gasteiger charge is -2.17. The van der Waals surface area contributed by atoms with E-state index in [1.165, 1.54) is 5.56 Å². The fourth-order valence-corrected chi connectivity index (χ4v) is 1.67. The van der Waals surface area contributed by atoms with Gasteiger partial charge in [-0.2, -0.15) is 0 Å². The summed E-state index contributed by atoms with van der Waals surface area (Å²) in [5, 5.41) is 3.01. The molecule has 16 heavy (non-hydrogen) atoms. The molecule has 0 fully saturated rings. The topological polar surface area (TPSA) is 29.1 Å². The van der Waals surface area contributed by atoms with Crippen molar-refractivity contribution in [3.63, 3.8) is 0 Å². The first-order chi connectivity index (χ1) is 7.77. The summed E-state index contributed by atoms with van der Waals surface area (Å²) in [5.41, 5.74) is 1.17. The molecular weight excluding hydrogens is 198 g/mol. The Labute approximate surface area is 97.4 Å². The van der Waals surface area contributed by atoms with Crippen molar-refractivity contribution in [3.05, 3.63) is 48.0 Å². The normalized spacial score (nSPS) is 12.6. The first-order valence-electron chi connectivity index (χ1n) is 5.76. The molecule has 0 aliphatic rings. The third-order valence-electron chi connectivity index (χ3n) is 2.41. The molecule has 1 amide bonds. The summed E-state index contributed by atoms with van der Waals surface area (Å²) in [5.74, 6) is -0.0233. The molecule has 0 radical (unpaired) electrons. The molecule has 86 valence electrons. The fraction of sp³-hybridized carbons (Fsp3) is 0.357. The molecule has 0 aliphatic heterocycles. The minimum Gasteiger partial charge on any atom is -0.346 e. The number of amides is 1. The lowest BCUT2D eigenvalue weighted by molar-refractivity contribution is -0.117. The van der Waals surface area contributed by atoms with Crippen LogP contribution >= 0.6 is 0 Å². The highest BCUT2D eigenvalue weighted by Crippen LogP contribution is 2.17. The largest absolute Gasteiger partial charge is 0.346 e. The average molecular weight is 217 g/mol. The highest BCUT2D eigenvalue weighted by molar-refractivity contribution is 5.87. The number of carbonyl (C=O) groups excluding carboxylic acids is 1. The van der Waals surface area contributed by atoms with Gasteiger partial charge in [-0.25, -0.2) is 0 Å². The van der Waals surface area contributed by atoms with E-state index in [9.17, 15) is 4.79 Å². The summed E-state index contributed by atoms with van der Waals surface area (Å²) in [6.07, 6.45) is 5.33. The molecule has 2 nitrogen and oxygen atoms in total. The van der Waals surface area contributed by atoms with Gasteiger partial charge in [0, 0.05) is 0 Å². The van der Waals surface area contributed by atoms with Crippen molar-refractivity contribution in [3.8, 4) is 0 Å². The third kappa shape index (κ3) is 3.89. The van der Waals surface area contributed by atoms with Crippen molar-refractivity contribution in [2.45, 2.75) is 32.7 Å². The lowest BCUT2D eigenvalue weighted by atomic mass is 10.0. The molecule has 0 aromatic heterocycles. The van der Waals surface area contributed by atoms with Crippen LogP contribution in [0.2, 0.25) is 0 Å². The highest BCUT2D eigenvalue weighted by atomic mass is 16.1. The number of nitrogens with one attached hydrogen (secondary N) is 1. The van der Waals surface area contributed by atoms with E-state index in [0.29, 0.717) is 0 Å². The Morgan fingerprint density at radius 3 is 2.62 bits per heavy atom. The molecule has 1 aromatic rings. The summed E-state index contributed by atoms with van der Waals surface area (Å²) >= 11 is 0. The van der Waals surface area contributed by atoms with Crippen LogP contribution in [0.1, 0.15) is 38.3 Å². The smallest absolute Gasteiger partial charge is 0.244 e. The van der Waals surface area contributed by atoms with Crippen molar-refractivity contribution < 1.29 is 4.79 Å². The molecule has 1 unspecified atom stereocenters. The Bertz CT molecular complexity index is 343. The molecule has 0 saturated carbocycles. The molecule has 1 N–H and O–H groups in total. The molecule has 1 rings (SSSR count). The fourth-order valence-electron chi connectivity index (χ4n) is 1.67. The van der Waals surface area contributed by atoms with Crippen LogP contribution in [0, 0.1) is 0 Å². The summed E-state index contributed by atoms with van der Waals surface area (Å²) in [4.78, 5) is 11.5. The number of allylic oxidation sites excluding steroid dienone is 1. The second-order valence-electron chi connectivity index (χ2n) is 3.76. The van der Waals surface area contributed by atoms with Gasteiger partial charge in [-0.3, -0.25) is 4.79 Å². The van der Waals surface area contributed by atoms with Crippen LogP contribution in [0.5, 0.6) is 0 Å². The Kier molecular flexibility index (Phi) is 5.34. The monoisotopic (exact) mass is 217 g/mol. The predicted octanol–water partition coefficient (Wildman–Crippen LogP) is 3.22. The van der Waals surface area contributed by atoms with Gasteiger partial charge in [0.1, 0.15) is 0 Å². The summed E-state index contributed by atoms with van der Waals surface area (Å²) in [6.45, 7) is 3.97. The number of hydrogen-bond donors (Lipinski definition) is 1. The van der Waals surface area contributed by atoms with Gasteiger partial charge in [0.2, 0.25) is 5.91 Å². The van der Waals surface area contributed by atoms with Crippen LogP contribution in [0.3, 0.4) is 0 Å². The van der Waals surface area contributed by atoms with Gasteiger partial charge in [-0.15, -0.1) is 0 Å². The first kappa shape index (κ1) is 12.5. The van der Waals surface area contributed by atoms with E-state index in [-0.39, 0.29) is 11.9 Å². The Morgan fingerprint density at radius 1 is 1.38 bits per heavy atom. The molecular formula is C14H19NO. The Balaban J connectivity index is 2.72. The highest BCUT2D eigenvalue weighted by Gasteiger charge is 2.11. The molecule has 0 aliphatic carbocycles. The van der Waals surface area contributed by atoms with Crippen molar-refractivity contribution >= 4 is 5.91 Å². The van der Waals surface area contributed by atoms with Crippen LogP contribution < -0.4 is 5.32 Å². The number of carbonyl (C=O) groups is 1. The molecule has 0 heterocycles. The zero-order chi connectivity index (χ0) is 11.8. The van der Waals surface area contributed by atoms with Crippen molar-refractivity contribution in [1.82, 2.24) is 5.32 Å². The van der Waals surface area contributed by atoms with Gasteiger partial charge in [0.15, 0.2) is 0 Å². The second kappa shape index (κ2) is 6.83. The average Bonchev–Trinajstić information content (AvgIpc) is 2.30. The predicted molar refractivity (Wildman–Crippen MR) is 67.0 cm³/mol. The zero-order valence-electron chi connectivity index (χ0n) is 9.94. The van der Waals surface area contributed by atoms with E-state index >= 15 is 0 Å². The van der Waals surface area contributed by atoms with E-state index in [4.69, 9.17) is 0 Å². The van der Waals surface area contributed by atoms with Gasteiger partial charge < -0.3 is 5.32 Å². The quantitative estimate of drug-likeness (QED) is 0.754. The van der Waals surface area contributed by atoms with Crippen LogP contribution in [-0.4, -0.2) is 5.91 Å². The van der Waals surface area contributed by atoms with Gasteiger partial charge in [-0.05, 0) is 25.0 Å². The van der Waals surface area contributed by atoms with Gasteiger partial charge in [-0.1, -0.05) is 49.8 Å². The van der Waals surface area contributed by atoms with E-state index in [0.717, 1.165) is 12.8 Å². The van der Waals surface area contributed by atoms with Gasteiger partial charge in [0.05, 0.1) is 6.04 Å². The lowest BCUT2D eigenvalue weighted by Crippen LogP contribution is -2.26. The number of benzene rings is 1. The minimum absolute atomic E-state index is 0.0233. The molecule has 1 aromatic carbocycles. The SMILES string of the molecule is CC=CC(=O)NC(CCC)c1ccccc1. The van der Waals surface area contributed by atoms with Crippen LogP contribution in [0.15, 0.2) is 42.5 Å². The summed E-state index contributed by atoms with van der Waals surface area (Å²) in [7, 11) is 0. The van der Waals surface area contributed by atoms with E-state index in [2.05, 4.69) is 24.4 Å². The maximum absolute atomic E-state index is 11.5. The standard InChI is InChI=1S/C14H19NO/c1-3-8-13(15-14(16)9-4-2)12-10-6-5-7-11-12/h4-7,9-11,13H,3,8H2,1-2H3,(H,15,16). The zero-order valence-corrected chi connectivity index (χ0v) is 9.94.